The van der Waals surface area contributed by atoms with E-state index in [-0.39, 0.29) is 17.5 Å². The molecule has 0 amide bonds. The van der Waals surface area contributed by atoms with Gasteiger partial charge in [0.25, 0.3) is 0 Å². The smallest absolute Gasteiger partial charge is 0.303 e. The Bertz CT molecular complexity index is 900. The quantitative estimate of drug-likeness (QED) is 0.433. The number of hydrogen-bond acceptors (Lipinski definition) is 6. The average Bonchev–Trinajstić information content (AvgIpc) is 2.91. The Hall–Kier alpha value is -1.08. The molecule has 4 aliphatic carbocycles. The Morgan fingerprint density at radius 2 is 2.00 bits per heavy atom. The number of halogens is 1. The lowest BCUT2D eigenvalue weighted by atomic mass is 9.46. The lowest BCUT2D eigenvalue weighted by Gasteiger charge is -2.63. The van der Waals surface area contributed by atoms with Crippen molar-refractivity contribution in [3.63, 3.8) is 0 Å². The predicted molar refractivity (Wildman–Crippen MR) is 123 cm³/mol. The van der Waals surface area contributed by atoms with Crippen molar-refractivity contribution >= 4 is 41.1 Å². The van der Waals surface area contributed by atoms with Gasteiger partial charge >= 0.3 is 5.97 Å². The average molecular weight is 467 g/mol. The molecule has 0 aromatic carbocycles. The number of carbonyl (C=O) groups excluding carboxylic acids is 3. The number of carbonyl (C=O) groups is 3. The number of ketones is 2. The highest BCUT2D eigenvalue weighted by molar-refractivity contribution is 8.19. The van der Waals surface area contributed by atoms with Gasteiger partial charge in [-0.3, -0.25) is 14.4 Å². The van der Waals surface area contributed by atoms with Crippen molar-refractivity contribution in [2.24, 2.45) is 22.7 Å². The fourth-order valence-electron chi connectivity index (χ4n) is 7.11. The van der Waals surface area contributed by atoms with Gasteiger partial charge in [-0.15, -0.1) is 23.5 Å². The second kappa shape index (κ2) is 7.47. The van der Waals surface area contributed by atoms with Crippen molar-refractivity contribution < 1.29 is 23.5 Å². The highest BCUT2D eigenvalue weighted by Crippen LogP contribution is 2.73. The summed E-state index contributed by atoms with van der Waals surface area (Å²) in [6.45, 7) is 7.29. The van der Waals surface area contributed by atoms with Gasteiger partial charge in [0.05, 0.1) is 0 Å². The minimum absolute atomic E-state index is 0.129. The molecule has 4 rings (SSSR count). The van der Waals surface area contributed by atoms with Crippen LogP contribution in [0.15, 0.2) is 23.8 Å². The molecule has 31 heavy (non-hydrogen) atoms. The molecule has 4 aliphatic rings. The first-order chi connectivity index (χ1) is 14.5. The maximum Gasteiger partial charge on any atom is 0.303 e. The summed E-state index contributed by atoms with van der Waals surface area (Å²) < 4.78 is 22.6. The Balaban J connectivity index is 1.89. The summed E-state index contributed by atoms with van der Waals surface area (Å²) in [5.41, 5.74) is -2.62. The zero-order valence-corrected chi connectivity index (χ0v) is 20.5. The lowest BCUT2D eigenvalue weighted by molar-refractivity contribution is -0.209. The maximum atomic E-state index is 17.6. The molecule has 3 fully saturated rings. The lowest BCUT2D eigenvalue weighted by Crippen LogP contribution is -2.68. The van der Waals surface area contributed by atoms with Gasteiger partial charge in [0, 0.05) is 30.1 Å². The van der Waals surface area contributed by atoms with Crippen LogP contribution in [0.1, 0.15) is 53.4 Å². The number of allylic oxidation sites excluding steroid dienone is 4. The molecule has 3 saturated carbocycles. The number of hydrogen-bond donors (Lipinski definition) is 0. The van der Waals surface area contributed by atoms with Crippen LogP contribution < -0.4 is 0 Å². The van der Waals surface area contributed by atoms with Crippen LogP contribution in [0, 0.1) is 22.7 Å². The Morgan fingerprint density at radius 3 is 2.61 bits per heavy atom. The molecule has 0 spiro atoms. The zero-order valence-electron chi connectivity index (χ0n) is 18.8. The highest BCUT2D eigenvalue weighted by atomic mass is 32.2. The third-order valence-corrected chi connectivity index (χ3v) is 12.0. The summed E-state index contributed by atoms with van der Waals surface area (Å²) in [4.78, 5) is 37.6. The van der Waals surface area contributed by atoms with Gasteiger partial charge in [0.2, 0.25) is 0 Å². The van der Waals surface area contributed by atoms with Crippen LogP contribution in [0.3, 0.4) is 0 Å². The van der Waals surface area contributed by atoms with Crippen LogP contribution in [0.4, 0.5) is 4.39 Å². The van der Waals surface area contributed by atoms with Crippen LogP contribution in [0.2, 0.25) is 0 Å². The van der Waals surface area contributed by atoms with Gasteiger partial charge < -0.3 is 4.74 Å². The van der Waals surface area contributed by atoms with Crippen LogP contribution in [0.5, 0.6) is 0 Å². The first-order valence-electron chi connectivity index (χ1n) is 11.0. The van der Waals surface area contributed by atoms with E-state index in [1.165, 1.54) is 13.0 Å². The molecule has 4 nitrogen and oxygen atoms in total. The predicted octanol–water partition coefficient (Wildman–Crippen LogP) is 4.92. The fourth-order valence-corrected chi connectivity index (χ4v) is 10.2. The number of thioether (sulfide) groups is 2. The number of ether oxygens (including phenoxy) is 1. The standard InChI is InChI=1S/C24H31FO4S2/c1-6-31-24(30-5)19(28)12-18-17-8-7-15-11-16(27)9-10-21(15,3)23(17,25)20(29-14(2)26)13-22(18,24)4/h9-11,17-18,20H,6-8,12-13H2,1-5H3/t17-,18-,20-,21-,22-,23?,24+/m0/s1. The number of esters is 1. The maximum absolute atomic E-state index is 17.6. The largest absolute Gasteiger partial charge is 0.459 e. The normalized spacial score (nSPS) is 46.1. The van der Waals surface area contributed by atoms with Crippen LogP contribution in [-0.4, -0.2) is 45.4 Å². The van der Waals surface area contributed by atoms with Crippen molar-refractivity contribution in [1.82, 2.24) is 0 Å². The van der Waals surface area contributed by atoms with Crippen molar-refractivity contribution in [2.75, 3.05) is 12.0 Å². The van der Waals surface area contributed by atoms with Gasteiger partial charge in [-0.05, 0) is 56.3 Å². The Morgan fingerprint density at radius 1 is 1.29 bits per heavy atom. The molecule has 7 atom stereocenters. The Kier molecular flexibility index (Phi) is 5.57. The summed E-state index contributed by atoms with van der Waals surface area (Å²) in [7, 11) is 0. The van der Waals surface area contributed by atoms with Crippen LogP contribution in [0.25, 0.3) is 0 Å². The van der Waals surface area contributed by atoms with E-state index in [9.17, 15) is 14.4 Å². The van der Waals surface area contributed by atoms with E-state index in [4.69, 9.17) is 4.74 Å². The molecule has 0 saturated heterocycles. The van der Waals surface area contributed by atoms with Crippen molar-refractivity contribution in [1.29, 1.82) is 0 Å². The van der Waals surface area contributed by atoms with Crippen molar-refractivity contribution in [3.05, 3.63) is 23.8 Å². The third-order valence-electron chi connectivity index (χ3n) is 8.47. The van der Waals surface area contributed by atoms with E-state index in [0.717, 1.165) is 11.3 Å². The van der Waals surface area contributed by atoms with E-state index in [0.29, 0.717) is 25.7 Å². The van der Waals surface area contributed by atoms with Gasteiger partial charge in [-0.1, -0.05) is 25.5 Å². The summed E-state index contributed by atoms with van der Waals surface area (Å²) in [6.07, 6.45) is 7.47. The molecular weight excluding hydrogens is 435 g/mol. The van der Waals surface area contributed by atoms with E-state index < -0.39 is 38.6 Å². The summed E-state index contributed by atoms with van der Waals surface area (Å²) in [5, 5.41) is 0. The molecule has 0 radical (unpaired) electrons. The topological polar surface area (TPSA) is 60.4 Å². The molecule has 7 heteroatoms. The summed E-state index contributed by atoms with van der Waals surface area (Å²) in [6, 6.07) is 0. The molecule has 1 unspecified atom stereocenters. The molecule has 0 bridgehead atoms. The molecule has 0 aliphatic heterocycles. The van der Waals surface area contributed by atoms with Gasteiger partial charge in [0.1, 0.15) is 10.2 Å². The second-order valence-electron chi connectivity index (χ2n) is 9.73. The minimum Gasteiger partial charge on any atom is -0.459 e. The molecule has 0 N–H and O–H groups in total. The number of rotatable bonds is 4. The van der Waals surface area contributed by atoms with Crippen LogP contribution in [-0.2, 0) is 19.1 Å². The van der Waals surface area contributed by atoms with Crippen molar-refractivity contribution in [2.45, 2.75) is 69.2 Å². The second-order valence-corrected chi connectivity index (χ2v) is 12.5. The van der Waals surface area contributed by atoms with Gasteiger partial charge in [0.15, 0.2) is 17.2 Å². The van der Waals surface area contributed by atoms with E-state index in [2.05, 4.69) is 6.92 Å². The Labute approximate surface area is 192 Å². The minimum atomic E-state index is -1.87. The molecule has 0 heterocycles. The fraction of sp³-hybridized carbons (Fsp3) is 0.708. The summed E-state index contributed by atoms with van der Waals surface area (Å²) >= 11 is 3.20. The zero-order chi connectivity index (χ0) is 22.8. The first kappa shape index (κ1) is 23.1. The van der Waals surface area contributed by atoms with Crippen molar-refractivity contribution in [3.8, 4) is 0 Å². The van der Waals surface area contributed by atoms with E-state index >= 15 is 4.39 Å². The first-order valence-corrected chi connectivity index (χ1v) is 13.2. The van der Waals surface area contributed by atoms with E-state index in [1.54, 1.807) is 35.7 Å². The van der Waals surface area contributed by atoms with Gasteiger partial charge in [-0.2, -0.15) is 0 Å². The molecule has 0 aromatic heterocycles. The number of Topliss-reactive ketones (excluding diaryl/α,β-unsaturated/α-hetero) is 1. The van der Waals surface area contributed by atoms with Crippen LogP contribution >= 0.6 is 23.5 Å². The number of alkyl halides is 1. The van der Waals surface area contributed by atoms with Gasteiger partial charge in [-0.25, -0.2) is 4.39 Å². The molecule has 170 valence electrons. The summed E-state index contributed by atoms with van der Waals surface area (Å²) in [5.74, 6) is -0.241. The SMILES string of the molecule is CCS[C@]1(SC)C(=O)C[C@H]2[C@@H]3CCC4=CC(=O)C=C[C@]4(C)C3(F)[C@@H](OC(C)=O)C[C@@]21C. The monoisotopic (exact) mass is 466 g/mol. The molecular formula is C24H31FO4S2. The molecule has 0 aromatic rings. The number of fused-ring (bicyclic) bond motifs is 5. The highest BCUT2D eigenvalue weighted by Gasteiger charge is 2.76. The third kappa shape index (κ3) is 2.84. The van der Waals surface area contributed by atoms with E-state index in [1.807, 2.05) is 20.1 Å².